The van der Waals surface area contributed by atoms with Gasteiger partial charge in [-0.3, -0.25) is 0 Å². The van der Waals surface area contributed by atoms with Crippen molar-refractivity contribution < 1.29 is 4.74 Å². The predicted molar refractivity (Wildman–Crippen MR) is 49.2 cm³/mol. The van der Waals surface area contributed by atoms with Crippen LogP contribution in [-0.2, 0) is 4.74 Å². The third kappa shape index (κ3) is 1.80. The van der Waals surface area contributed by atoms with Crippen LogP contribution in [0.5, 0.6) is 0 Å². The summed E-state index contributed by atoms with van der Waals surface area (Å²) in [6, 6.07) is 0. The highest BCUT2D eigenvalue weighted by molar-refractivity contribution is 4.80. The van der Waals surface area contributed by atoms with Gasteiger partial charge in [-0.1, -0.05) is 19.8 Å². The van der Waals surface area contributed by atoms with Crippen molar-refractivity contribution in [2.45, 2.75) is 44.8 Å². The van der Waals surface area contributed by atoms with Gasteiger partial charge < -0.3 is 10.1 Å². The van der Waals surface area contributed by atoms with Crippen LogP contribution < -0.4 is 5.32 Å². The van der Waals surface area contributed by atoms with E-state index >= 15 is 0 Å². The van der Waals surface area contributed by atoms with Gasteiger partial charge in [0.25, 0.3) is 0 Å². The van der Waals surface area contributed by atoms with Crippen molar-refractivity contribution in [3.8, 4) is 0 Å². The molecular formula is C10H19NO. The lowest BCUT2D eigenvalue weighted by molar-refractivity contribution is -0.0743. The van der Waals surface area contributed by atoms with Crippen LogP contribution in [0, 0.1) is 5.92 Å². The van der Waals surface area contributed by atoms with Crippen LogP contribution in [-0.4, -0.2) is 25.3 Å². The third-order valence-corrected chi connectivity index (χ3v) is 3.14. The lowest BCUT2D eigenvalue weighted by Gasteiger charge is -2.36. The molecule has 2 aliphatic rings. The summed E-state index contributed by atoms with van der Waals surface area (Å²) in [5, 5.41) is 3.24. The van der Waals surface area contributed by atoms with Crippen LogP contribution in [0.25, 0.3) is 0 Å². The lowest BCUT2D eigenvalue weighted by atomic mass is 9.88. The number of nitrogens with one attached hydrogen (secondary N) is 1. The maximum absolute atomic E-state index is 5.98. The average Bonchev–Trinajstić information content (AvgIpc) is 2.00. The molecule has 0 aromatic carbocycles. The molecule has 1 N–H and O–H groups in total. The van der Waals surface area contributed by atoms with Crippen LogP contribution in [0.3, 0.4) is 0 Å². The van der Waals surface area contributed by atoms with Gasteiger partial charge in [-0.2, -0.15) is 0 Å². The zero-order chi connectivity index (χ0) is 8.39. The van der Waals surface area contributed by atoms with Crippen molar-refractivity contribution in [3.63, 3.8) is 0 Å². The largest absolute Gasteiger partial charge is 0.372 e. The van der Waals surface area contributed by atoms with E-state index in [4.69, 9.17) is 4.74 Å². The van der Waals surface area contributed by atoms with E-state index in [0.29, 0.717) is 12.2 Å². The summed E-state index contributed by atoms with van der Waals surface area (Å²) in [5.74, 6) is 0.791. The second-order valence-corrected chi connectivity index (χ2v) is 4.22. The van der Waals surface area contributed by atoms with Gasteiger partial charge in [0.1, 0.15) is 0 Å². The first kappa shape index (κ1) is 8.52. The Kier molecular flexibility index (Phi) is 2.66. The van der Waals surface area contributed by atoms with Crippen molar-refractivity contribution in [2.75, 3.05) is 13.1 Å². The molecule has 12 heavy (non-hydrogen) atoms. The van der Waals surface area contributed by atoms with Crippen molar-refractivity contribution in [1.82, 2.24) is 5.32 Å². The minimum Gasteiger partial charge on any atom is -0.372 e. The Morgan fingerprint density at radius 3 is 2.50 bits per heavy atom. The van der Waals surface area contributed by atoms with Gasteiger partial charge in [-0.05, 0) is 18.8 Å². The fraction of sp³-hybridized carbons (Fsp3) is 1.00. The molecule has 1 aliphatic heterocycles. The maximum Gasteiger partial charge on any atom is 0.0827 e. The summed E-state index contributed by atoms with van der Waals surface area (Å²) in [4.78, 5) is 0. The standard InChI is InChI=1S/C10H19NO/c1-8-4-2-3-5-10(8)12-9-6-11-7-9/h8-11H,2-7H2,1H3. The zero-order valence-electron chi connectivity index (χ0n) is 7.88. The molecule has 0 radical (unpaired) electrons. The summed E-state index contributed by atoms with van der Waals surface area (Å²) >= 11 is 0. The van der Waals surface area contributed by atoms with Crippen LogP contribution in [0.2, 0.25) is 0 Å². The van der Waals surface area contributed by atoms with Gasteiger partial charge in [0.05, 0.1) is 12.2 Å². The molecule has 2 rings (SSSR count). The monoisotopic (exact) mass is 169 g/mol. The fourth-order valence-electron chi connectivity index (χ4n) is 2.09. The Bertz CT molecular complexity index is 145. The summed E-state index contributed by atoms with van der Waals surface area (Å²) < 4.78 is 5.98. The molecule has 1 heterocycles. The molecular weight excluding hydrogens is 150 g/mol. The predicted octanol–water partition coefficient (Wildman–Crippen LogP) is 1.55. The van der Waals surface area contributed by atoms with Gasteiger partial charge >= 0.3 is 0 Å². The second kappa shape index (κ2) is 3.75. The zero-order valence-corrected chi connectivity index (χ0v) is 7.88. The Morgan fingerprint density at radius 1 is 1.17 bits per heavy atom. The highest BCUT2D eigenvalue weighted by Crippen LogP contribution is 2.27. The Morgan fingerprint density at radius 2 is 1.92 bits per heavy atom. The van der Waals surface area contributed by atoms with Gasteiger partial charge in [-0.15, -0.1) is 0 Å². The van der Waals surface area contributed by atoms with E-state index in [2.05, 4.69) is 12.2 Å². The van der Waals surface area contributed by atoms with Crippen LogP contribution >= 0.6 is 0 Å². The Balaban J connectivity index is 1.76. The molecule has 1 saturated heterocycles. The fourth-order valence-corrected chi connectivity index (χ4v) is 2.09. The molecule has 0 aromatic heterocycles. The average molecular weight is 169 g/mol. The molecule has 2 nitrogen and oxygen atoms in total. The van der Waals surface area contributed by atoms with E-state index in [9.17, 15) is 0 Å². The first-order valence-corrected chi connectivity index (χ1v) is 5.22. The van der Waals surface area contributed by atoms with Gasteiger partial charge in [-0.25, -0.2) is 0 Å². The van der Waals surface area contributed by atoms with E-state index in [1.807, 2.05) is 0 Å². The number of ether oxygens (including phenoxy) is 1. The summed E-state index contributed by atoms with van der Waals surface area (Å²) in [6.45, 7) is 4.47. The van der Waals surface area contributed by atoms with E-state index in [0.717, 1.165) is 19.0 Å². The summed E-state index contributed by atoms with van der Waals surface area (Å²) in [5.41, 5.74) is 0. The van der Waals surface area contributed by atoms with Crippen molar-refractivity contribution in [1.29, 1.82) is 0 Å². The lowest BCUT2D eigenvalue weighted by Crippen LogP contribution is -2.51. The topological polar surface area (TPSA) is 21.3 Å². The van der Waals surface area contributed by atoms with Crippen LogP contribution in [0.1, 0.15) is 32.6 Å². The molecule has 2 fully saturated rings. The molecule has 0 amide bonds. The Hall–Kier alpha value is -0.0800. The number of hydrogen-bond donors (Lipinski definition) is 1. The molecule has 70 valence electrons. The maximum atomic E-state index is 5.98. The van der Waals surface area contributed by atoms with E-state index in [-0.39, 0.29) is 0 Å². The summed E-state index contributed by atoms with van der Waals surface area (Å²) in [6.07, 6.45) is 6.52. The van der Waals surface area contributed by atoms with Gasteiger partial charge in [0.2, 0.25) is 0 Å². The molecule has 1 aliphatic carbocycles. The van der Waals surface area contributed by atoms with Crippen molar-refractivity contribution >= 4 is 0 Å². The first-order chi connectivity index (χ1) is 5.86. The van der Waals surface area contributed by atoms with Crippen molar-refractivity contribution in [3.05, 3.63) is 0 Å². The molecule has 0 aromatic rings. The van der Waals surface area contributed by atoms with Crippen LogP contribution in [0.15, 0.2) is 0 Å². The van der Waals surface area contributed by atoms with Gasteiger partial charge in [0, 0.05) is 13.1 Å². The third-order valence-electron chi connectivity index (χ3n) is 3.14. The molecule has 0 bridgehead atoms. The molecule has 1 saturated carbocycles. The highest BCUT2D eigenvalue weighted by Gasteiger charge is 2.27. The summed E-state index contributed by atoms with van der Waals surface area (Å²) in [7, 11) is 0. The van der Waals surface area contributed by atoms with E-state index < -0.39 is 0 Å². The van der Waals surface area contributed by atoms with Crippen molar-refractivity contribution in [2.24, 2.45) is 5.92 Å². The minimum absolute atomic E-state index is 0.524. The molecule has 2 heteroatoms. The minimum atomic E-state index is 0.524. The van der Waals surface area contributed by atoms with E-state index in [1.165, 1.54) is 25.7 Å². The number of hydrogen-bond acceptors (Lipinski definition) is 2. The quantitative estimate of drug-likeness (QED) is 0.677. The van der Waals surface area contributed by atoms with E-state index in [1.54, 1.807) is 0 Å². The SMILES string of the molecule is CC1CCCCC1OC1CNC1. The molecule has 2 atom stereocenters. The first-order valence-electron chi connectivity index (χ1n) is 5.22. The van der Waals surface area contributed by atoms with Gasteiger partial charge in [0.15, 0.2) is 0 Å². The number of rotatable bonds is 2. The second-order valence-electron chi connectivity index (χ2n) is 4.22. The smallest absolute Gasteiger partial charge is 0.0827 e. The normalized spacial score (nSPS) is 37.8. The molecule has 2 unspecified atom stereocenters. The van der Waals surface area contributed by atoms with Crippen LogP contribution in [0.4, 0.5) is 0 Å². The Labute approximate surface area is 74.7 Å². The molecule has 0 spiro atoms. The highest BCUT2D eigenvalue weighted by atomic mass is 16.5.